The van der Waals surface area contributed by atoms with E-state index in [4.69, 9.17) is 4.74 Å². The molecule has 1 aromatic carbocycles. The Bertz CT molecular complexity index is 442. The van der Waals surface area contributed by atoms with Crippen LogP contribution in [0.15, 0.2) is 24.3 Å². The van der Waals surface area contributed by atoms with Crippen LogP contribution in [0.4, 0.5) is 0 Å². The molecular formula is C16H24N2O2. The third-order valence-corrected chi connectivity index (χ3v) is 3.82. The molecule has 1 aliphatic heterocycles. The van der Waals surface area contributed by atoms with Gasteiger partial charge in [0, 0.05) is 13.6 Å². The number of nitrogens with zero attached hydrogens (tertiary/aromatic N) is 1. The van der Waals surface area contributed by atoms with Gasteiger partial charge in [-0.3, -0.25) is 4.79 Å². The second-order valence-electron chi connectivity index (χ2n) is 5.44. The lowest BCUT2D eigenvalue weighted by atomic mass is 10.1. The molecule has 0 spiro atoms. The molecule has 1 aliphatic rings. The van der Waals surface area contributed by atoms with Crippen molar-refractivity contribution in [2.75, 3.05) is 26.7 Å². The third-order valence-electron chi connectivity index (χ3n) is 3.82. The summed E-state index contributed by atoms with van der Waals surface area (Å²) >= 11 is 0. The number of hydrogen-bond donors (Lipinski definition) is 1. The number of amides is 1. The van der Waals surface area contributed by atoms with Crippen LogP contribution in [0.5, 0.6) is 0 Å². The summed E-state index contributed by atoms with van der Waals surface area (Å²) in [4.78, 5) is 13.8. The van der Waals surface area contributed by atoms with E-state index in [0.29, 0.717) is 6.54 Å². The lowest BCUT2D eigenvalue weighted by molar-refractivity contribution is -0.137. The molecule has 20 heavy (non-hydrogen) atoms. The topological polar surface area (TPSA) is 41.6 Å². The Morgan fingerprint density at radius 2 is 2.05 bits per heavy atom. The van der Waals surface area contributed by atoms with Gasteiger partial charge in [-0.1, -0.05) is 24.3 Å². The molecule has 0 saturated carbocycles. The predicted octanol–water partition coefficient (Wildman–Crippen LogP) is 1.72. The van der Waals surface area contributed by atoms with Gasteiger partial charge in [-0.05, 0) is 44.0 Å². The minimum Gasteiger partial charge on any atom is -0.368 e. The molecule has 1 amide bonds. The molecule has 1 fully saturated rings. The van der Waals surface area contributed by atoms with Crippen LogP contribution in [-0.2, 0) is 16.1 Å². The molecule has 2 rings (SSSR count). The van der Waals surface area contributed by atoms with Gasteiger partial charge in [0.15, 0.2) is 0 Å². The summed E-state index contributed by atoms with van der Waals surface area (Å²) < 4.78 is 5.70. The van der Waals surface area contributed by atoms with Gasteiger partial charge in [-0.2, -0.15) is 0 Å². The number of nitrogens with one attached hydrogen (secondary N) is 1. The molecule has 0 atom stereocenters. The Hall–Kier alpha value is -1.39. The summed E-state index contributed by atoms with van der Waals surface area (Å²) in [6.07, 6.45) is 2.22. The minimum atomic E-state index is 0.0479. The summed E-state index contributed by atoms with van der Waals surface area (Å²) in [7, 11) is 1.83. The molecule has 1 heterocycles. The third kappa shape index (κ3) is 4.32. The molecule has 0 unspecified atom stereocenters. The molecule has 0 aliphatic carbocycles. The van der Waals surface area contributed by atoms with Crippen LogP contribution < -0.4 is 5.32 Å². The van der Waals surface area contributed by atoms with E-state index in [1.807, 2.05) is 19.2 Å². The molecule has 1 saturated heterocycles. The first-order valence-corrected chi connectivity index (χ1v) is 7.27. The van der Waals surface area contributed by atoms with Crippen molar-refractivity contribution in [3.05, 3.63) is 35.4 Å². The highest BCUT2D eigenvalue weighted by atomic mass is 16.5. The summed E-state index contributed by atoms with van der Waals surface area (Å²) in [5.41, 5.74) is 2.40. The number of hydrogen-bond acceptors (Lipinski definition) is 3. The van der Waals surface area contributed by atoms with Gasteiger partial charge in [0.05, 0.1) is 6.10 Å². The molecule has 0 aromatic heterocycles. The maximum absolute atomic E-state index is 12.1. The van der Waals surface area contributed by atoms with Crippen molar-refractivity contribution in [3.63, 3.8) is 0 Å². The molecule has 4 nitrogen and oxygen atoms in total. The number of carbonyl (C=O) groups excluding carboxylic acids is 1. The second kappa shape index (κ2) is 7.41. The van der Waals surface area contributed by atoms with Gasteiger partial charge in [0.2, 0.25) is 5.91 Å². The smallest absolute Gasteiger partial charge is 0.248 e. The zero-order chi connectivity index (χ0) is 14.4. The SMILES string of the molecule is Cc1ccccc1CN(C)C(=O)COC1CCNCC1. The number of rotatable bonds is 5. The van der Waals surface area contributed by atoms with Crippen LogP contribution in [0.25, 0.3) is 0 Å². The molecule has 0 bridgehead atoms. The maximum atomic E-state index is 12.1. The minimum absolute atomic E-state index is 0.0479. The Balaban J connectivity index is 1.78. The molecule has 1 aromatic rings. The van der Waals surface area contributed by atoms with E-state index >= 15 is 0 Å². The average Bonchev–Trinajstić information content (AvgIpc) is 2.48. The summed E-state index contributed by atoms with van der Waals surface area (Å²) in [6, 6.07) is 8.15. The summed E-state index contributed by atoms with van der Waals surface area (Å²) in [6.45, 7) is 4.86. The number of carbonyl (C=O) groups is 1. The Morgan fingerprint density at radius 3 is 2.75 bits per heavy atom. The first-order chi connectivity index (χ1) is 9.66. The van der Waals surface area contributed by atoms with Gasteiger partial charge >= 0.3 is 0 Å². The summed E-state index contributed by atoms with van der Waals surface area (Å²) in [5, 5.41) is 3.29. The van der Waals surface area contributed by atoms with Gasteiger partial charge in [-0.15, -0.1) is 0 Å². The van der Waals surface area contributed by atoms with Crippen LogP contribution in [0.3, 0.4) is 0 Å². The van der Waals surface area contributed by atoms with Crippen molar-refractivity contribution in [2.24, 2.45) is 0 Å². The van der Waals surface area contributed by atoms with Crippen LogP contribution >= 0.6 is 0 Å². The Labute approximate surface area is 121 Å². The maximum Gasteiger partial charge on any atom is 0.248 e. The van der Waals surface area contributed by atoms with Crippen LogP contribution in [-0.4, -0.2) is 43.7 Å². The first-order valence-electron chi connectivity index (χ1n) is 7.27. The van der Waals surface area contributed by atoms with Crippen molar-refractivity contribution >= 4 is 5.91 Å². The second-order valence-corrected chi connectivity index (χ2v) is 5.44. The molecule has 1 N–H and O–H groups in total. The van der Waals surface area contributed by atoms with Crippen molar-refractivity contribution < 1.29 is 9.53 Å². The van der Waals surface area contributed by atoms with Crippen molar-refractivity contribution in [1.82, 2.24) is 10.2 Å². The highest BCUT2D eigenvalue weighted by molar-refractivity contribution is 5.77. The van der Waals surface area contributed by atoms with E-state index < -0.39 is 0 Å². The van der Waals surface area contributed by atoms with E-state index in [0.717, 1.165) is 25.9 Å². The Morgan fingerprint density at radius 1 is 1.35 bits per heavy atom. The summed E-state index contributed by atoms with van der Waals surface area (Å²) in [5.74, 6) is 0.0479. The number of aryl methyl sites for hydroxylation is 1. The lowest BCUT2D eigenvalue weighted by Gasteiger charge is -2.24. The van der Waals surface area contributed by atoms with Crippen molar-refractivity contribution in [1.29, 1.82) is 0 Å². The largest absolute Gasteiger partial charge is 0.368 e. The van der Waals surface area contributed by atoms with Crippen LogP contribution in [0.2, 0.25) is 0 Å². The van der Waals surface area contributed by atoms with Crippen LogP contribution in [0.1, 0.15) is 24.0 Å². The van der Waals surface area contributed by atoms with Gasteiger partial charge < -0.3 is 15.0 Å². The molecule has 110 valence electrons. The monoisotopic (exact) mass is 276 g/mol. The molecule has 0 radical (unpaired) electrons. The molecular weight excluding hydrogens is 252 g/mol. The predicted molar refractivity (Wildman–Crippen MR) is 79.5 cm³/mol. The Kier molecular flexibility index (Phi) is 5.56. The van der Waals surface area contributed by atoms with Gasteiger partial charge in [0.1, 0.15) is 6.61 Å². The fraction of sp³-hybridized carbons (Fsp3) is 0.562. The van der Waals surface area contributed by atoms with Gasteiger partial charge in [-0.25, -0.2) is 0 Å². The van der Waals surface area contributed by atoms with E-state index in [2.05, 4.69) is 24.4 Å². The van der Waals surface area contributed by atoms with Crippen molar-refractivity contribution in [2.45, 2.75) is 32.4 Å². The quantitative estimate of drug-likeness (QED) is 0.890. The molecule has 4 heteroatoms. The normalized spacial score (nSPS) is 16.1. The first kappa shape index (κ1) is 15.0. The van der Waals surface area contributed by atoms with E-state index in [1.165, 1.54) is 11.1 Å². The zero-order valence-corrected chi connectivity index (χ0v) is 12.4. The number of benzene rings is 1. The van der Waals surface area contributed by atoms with E-state index in [9.17, 15) is 4.79 Å². The number of piperidine rings is 1. The lowest BCUT2D eigenvalue weighted by Crippen LogP contribution is -2.36. The highest BCUT2D eigenvalue weighted by Crippen LogP contribution is 2.11. The fourth-order valence-corrected chi connectivity index (χ4v) is 2.39. The number of ether oxygens (including phenoxy) is 1. The van der Waals surface area contributed by atoms with E-state index in [1.54, 1.807) is 4.90 Å². The van der Waals surface area contributed by atoms with E-state index in [-0.39, 0.29) is 18.6 Å². The standard InChI is InChI=1S/C16H24N2O2/c1-13-5-3-4-6-14(13)11-18(2)16(19)12-20-15-7-9-17-10-8-15/h3-6,15,17H,7-12H2,1-2H3. The van der Waals surface area contributed by atoms with Crippen LogP contribution in [0, 0.1) is 6.92 Å². The zero-order valence-electron chi connectivity index (χ0n) is 12.4. The highest BCUT2D eigenvalue weighted by Gasteiger charge is 2.16. The average molecular weight is 276 g/mol. The number of likely N-dealkylation sites (N-methyl/N-ethyl adjacent to an activating group) is 1. The van der Waals surface area contributed by atoms with Gasteiger partial charge in [0.25, 0.3) is 0 Å². The van der Waals surface area contributed by atoms with Crippen molar-refractivity contribution in [3.8, 4) is 0 Å². The fourth-order valence-electron chi connectivity index (χ4n) is 2.39.